The molecular weight excluding hydrogens is 496 g/mol. The molecule has 0 spiro atoms. The molecule has 1 N–H and O–H groups in total. The molecule has 1 aliphatic carbocycles. The van der Waals surface area contributed by atoms with Gasteiger partial charge in [0.25, 0.3) is 5.91 Å². The third kappa shape index (κ3) is 5.28. The van der Waals surface area contributed by atoms with E-state index in [1.165, 1.54) is 11.3 Å². The number of rotatable bonds is 7. The van der Waals surface area contributed by atoms with Crippen molar-refractivity contribution >= 4 is 39.9 Å². The maximum Gasteiger partial charge on any atom is 0.261 e. The van der Waals surface area contributed by atoms with Crippen LogP contribution in [0.5, 0.6) is 0 Å². The van der Waals surface area contributed by atoms with Crippen LogP contribution in [0, 0.1) is 5.92 Å². The standard InChI is InChI=1S/C26H29ClN6O2S/c1-15(2)9-24-32-20-14-30-19(25-28-7-4-8-29-25)13-21(20)33(24)17-10-16(11-18(12-17)35-3)31-26(34)22-5-6-23(27)36-22/h4-8,13-18H,9-12H2,1-3H3,(H,31,34)/t16-,17+,18+/m1/s1. The predicted molar refractivity (Wildman–Crippen MR) is 141 cm³/mol. The lowest BCUT2D eigenvalue weighted by molar-refractivity contribution is 0.0391. The van der Waals surface area contributed by atoms with Crippen molar-refractivity contribution in [1.29, 1.82) is 0 Å². The molecule has 36 heavy (non-hydrogen) atoms. The van der Waals surface area contributed by atoms with Crippen molar-refractivity contribution in [3.63, 3.8) is 0 Å². The van der Waals surface area contributed by atoms with Crippen molar-refractivity contribution in [1.82, 2.24) is 29.8 Å². The number of hydrogen-bond acceptors (Lipinski definition) is 7. The fraction of sp³-hybridized carbons (Fsp3) is 0.423. The average Bonchev–Trinajstić information content (AvgIpc) is 3.46. The number of methoxy groups -OCH3 is 1. The molecule has 0 saturated heterocycles. The molecule has 4 aromatic rings. The number of fused-ring (bicyclic) bond motifs is 1. The van der Waals surface area contributed by atoms with Gasteiger partial charge in [0, 0.05) is 38.0 Å². The van der Waals surface area contributed by atoms with Gasteiger partial charge in [0.15, 0.2) is 5.82 Å². The van der Waals surface area contributed by atoms with E-state index in [1.54, 1.807) is 43.9 Å². The van der Waals surface area contributed by atoms with Crippen LogP contribution in [0.15, 0.2) is 42.9 Å². The summed E-state index contributed by atoms with van der Waals surface area (Å²) in [6, 6.07) is 7.40. The summed E-state index contributed by atoms with van der Waals surface area (Å²) < 4.78 is 8.76. The first-order valence-electron chi connectivity index (χ1n) is 12.1. The third-order valence-electron chi connectivity index (χ3n) is 6.50. The van der Waals surface area contributed by atoms with Gasteiger partial charge in [0.05, 0.1) is 27.0 Å². The quantitative estimate of drug-likeness (QED) is 0.350. The van der Waals surface area contributed by atoms with Gasteiger partial charge < -0.3 is 14.6 Å². The summed E-state index contributed by atoms with van der Waals surface area (Å²) in [4.78, 5) is 31.8. The molecule has 4 heterocycles. The van der Waals surface area contributed by atoms with Crippen molar-refractivity contribution in [3.8, 4) is 11.5 Å². The van der Waals surface area contributed by atoms with Gasteiger partial charge in [-0.05, 0) is 49.4 Å². The molecule has 188 valence electrons. The molecule has 1 fully saturated rings. The number of pyridine rings is 1. The Morgan fingerprint density at radius 2 is 2.03 bits per heavy atom. The number of halogens is 1. The van der Waals surface area contributed by atoms with Gasteiger partial charge >= 0.3 is 0 Å². The Hall–Kier alpha value is -2.88. The van der Waals surface area contributed by atoms with Crippen LogP contribution in [0.4, 0.5) is 0 Å². The number of aromatic nitrogens is 5. The summed E-state index contributed by atoms with van der Waals surface area (Å²) in [5.74, 6) is 1.94. The minimum atomic E-state index is -0.0991. The zero-order valence-electron chi connectivity index (χ0n) is 20.5. The first-order chi connectivity index (χ1) is 17.4. The van der Waals surface area contributed by atoms with Crippen LogP contribution in [0.25, 0.3) is 22.6 Å². The summed E-state index contributed by atoms with van der Waals surface area (Å²) in [5.41, 5.74) is 2.55. The van der Waals surface area contributed by atoms with Crippen LogP contribution >= 0.6 is 22.9 Å². The van der Waals surface area contributed by atoms with E-state index in [0.717, 1.165) is 42.5 Å². The van der Waals surface area contributed by atoms with Gasteiger partial charge in [0.2, 0.25) is 0 Å². The highest BCUT2D eigenvalue weighted by atomic mass is 35.5. The van der Waals surface area contributed by atoms with Gasteiger partial charge in [-0.3, -0.25) is 9.78 Å². The number of amides is 1. The summed E-state index contributed by atoms with van der Waals surface area (Å²) >= 11 is 7.34. The van der Waals surface area contributed by atoms with Crippen LogP contribution in [0.2, 0.25) is 4.34 Å². The number of nitrogens with one attached hydrogen (secondary N) is 1. The van der Waals surface area contributed by atoms with Crippen LogP contribution in [0.1, 0.15) is 54.6 Å². The fourth-order valence-electron chi connectivity index (χ4n) is 4.97. The summed E-state index contributed by atoms with van der Waals surface area (Å²) in [6.07, 6.45) is 8.47. The van der Waals surface area contributed by atoms with Gasteiger partial charge in [0.1, 0.15) is 17.0 Å². The van der Waals surface area contributed by atoms with Crippen LogP contribution in [0.3, 0.4) is 0 Å². The number of hydrogen-bond donors (Lipinski definition) is 1. The molecule has 0 aromatic carbocycles. The molecular formula is C26H29ClN6O2S. The predicted octanol–water partition coefficient (Wildman–Crippen LogP) is 5.34. The summed E-state index contributed by atoms with van der Waals surface area (Å²) in [5, 5.41) is 3.22. The lowest BCUT2D eigenvalue weighted by Crippen LogP contribution is -2.43. The maximum atomic E-state index is 12.9. The summed E-state index contributed by atoms with van der Waals surface area (Å²) in [6.45, 7) is 4.39. The Balaban J connectivity index is 1.51. The minimum Gasteiger partial charge on any atom is -0.381 e. The first-order valence-corrected chi connectivity index (χ1v) is 13.3. The topological polar surface area (TPSA) is 94.8 Å². The number of carbonyl (C=O) groups is 1. The average molecular weight is 525 g/mol. The zero-order chi connectivity index (χ0) is 25.2. The molecule has 8 nitrogen and oxygen atoms in total. The van der Waals surface area contributed by atoms with Crippen molar-refractivity contribution in [2.24, 2.45) is 5.92 Å². The molecule has 0 aliphatic heterocycles. The molecule has 1 amide bonds. The monoisotopic (exact) mass is 524 g/mol. The Bertz CT molecular complexity index is 1360. The smallest absolute Gasteiger partial charge is 0.261 e. The van der Waals surface area contributed by atoms with Crippen molar-refractivity contribution < 1.29 is 9.53 Å². The Labute approximate surface area is 219 Å². The second-order valence-electron chi connectivity index (χ2n) is 9.62. The normalized spacial score (nSPS) is 20.2. The second-order valence-corrected chi connectivity index (χ2v) is 11.3. The van der Waals surface area contributed by atoms with Crippen LogP contribution in [-0.4, -0.2) is 49.7 Å². The van der Waals surface area contributed by atoms with Crippen LogP contribution in [-0.2, 0) is 11.2 Å². The minimum absolute atomic E-state index is 0.0177. The number of carbonyl (C=O) groups excluding carboxylic acids is 1. The van der Waals surface area contributed by atoms with E-state index in [0.29, 0.717) is 26.6 Å². The molecule has 3 atom stereocenters. The molecule has 5 rings (SSSR count). The van der Waals surface area contributed by atoms with Crippen LogP contribution < -0.4 is 5.32 Å². The van der Waals surface area contributed by atoms with E-state index >= 15 is 0 Å². The Morgan fingerprint density at radius 1 is 1.22 bits per heavy atom. The van der Waals surface area contributed by atoms with Crippen molar-refractivity contribution in [3.05, 3.63) is 57.9 Å². The molecule has 0 unspecified atom stereocenters. The van der Waals surface area contributed by atoms with Gasteiger partial charge in [-0.15, -0.1) is 11.3 Å². The second kappa shape index (κ2) is 10.6. The van der Waals surface area contributed by atoms with E-state index in [2.05, 4.69) is 38.7 Å². The molecule has 1 aliphatic rings. The molecule has 1 saturated carbocycles. The maximum absolute atomic E-state index is 12.9. The van der Waals surface area contributed by atoms with E-state index < -0.39 is 0 Å². The summed E-state index contributed by atoms with van der Waals surface area (Å²) in [7, 11) is 1.74. The van der Waals surface area contributed by atoms with Crippen molar-refractivity contribution in [2.75, 3.05) is 7.11 Å². The van der Waals surface area contributed by atoms with Gasteiger partial charge in [-0.25, -0.2) is 15.0 Å². The molecule has 0 bridgehead atoms. The first kappa shape index (κ1) is 24.8. The number of thiophene rings is 1. The number of imidazole rings is 1. The fourth-order valence-corrected chi connectivity index (χ4v) is 5.92. The highest BCUT2D eigenvalue weighted by Gasteiger charge is 2.33. The lowest BCUT2D eigenvalue weighted by Gasteiger charge is -2.36. The Morgan fingerprint density at radius 3 is 2.72 bits per heavy atom. The largest absolute Gasteiger partial charge is 0.381 e. The van der Waals surface area contributed by atoms with E-state index in [9.17, 15) is 4.79 Å². The van der Waals surface area contributed by atoms with Crippen molar-refractivity contribution in [2.45, 2.75) is 57.7 Å². The molecule has 0 radical (unpaired) electrons. The van der Waals surface area contributed by atoms with E-state index in [4.69, 9.17) is 21.3 Å². The highest BCUT2D eigenvalue weighted by molar-refractivity contribution is 7.18. The zero-order valence-corrected chi connectivity index (χ0v) is 22.1. The Kier molecular flexibility index (Phi) is 7.32. The molecule has 4 aromatic heterocycles. The van der Waals surface area contributed by atoms with E-state index in [-0.39, 0.29) is 24.1 Å². The molecule has 10 heteroatoms. The van der Waals surface area contributed by atoms with E-state index in [1.807, 2.05) is 6.07 Å². The lowest BCUT2D eigenvalue weighted by atomic mass is 9.88. The number of ether oxygens (including phenoxy) is 1. The third-order valence-corrected chi connectivity index (χ3v) is 7.73. The van der Waals surface area contributed by atoms with Gasteiger partial charge in [-0.2, -0.15) is 0 Å². The SMILES string of the molecule is CO[C@H]1C[C@H](NC(=O)c2ccc(Cl)s2)C[C@H](n2c(CC(C)C)nc3cnc(-c4ncccn4)cc32)C1. The number of nitrogens with zero attached hydrogens (tertiary/aromatic N) is 5. The van der Waals surface area contributed by atoms with Gasteiger partial charge in [-0.1, -0.05) is 25.4 Å². The highest BCUT2D eigenvalue weighted by Crippen LogP contribution is 2.35.